The number of furan rings is 1. The molecule has 16 heavy (non-hydrogen) atoms. The number of ether oxygens (including phenoxy) is 2. The molecule has 0 N–H and O–H groups in total. The number of hydrogen-bond donors (Lipinski definition) is 0. The van der Waals surface area contributed by atoms with Gasteiger partial charge in [-0.15, -0.1) is 0 Å². The Morgan fingerprint density at radius 3 is 2.62 bits per heavy atom. The van der Waals surface area contributed by atoms with Crippen LogP contribution in [0.3, 0.4) is 0 Å². The molecule has 0 aromatic carbocycles. The molecule has 1 rings (SSSR count). The molecular formula is C11H14O5. The Labute approximate surface area is 93.3 Å². The first-order valence-electron chi connectivity index (χ1n) is 5.12. The fraction of sp³-hybridized carbons (Fsp3) is 0.455. The first-order valence-corrected chi connectivity index (χ1v) is 5.12. The van der Waals surface area contributed by atoms with Crippen LogP contribution in [0.4, 0.5) is 0 Å². The first-order chi connectivity index (χ1) is 7.70. The van der Waals surface area contributed by atoms with E-state index in [0.29, 0.717) is 6.61 Å². The van der Waals surface area contributed by atoms with E-state index in [1.807, 2.05) is 6.92 Å². The molecule has 0 aliphatic rings. The minimum absolute atomic E-state index is 0.104. The molecule has 0 unspecified atom stereocenters. The van der Waals surface area contributed by atoms with E-state index in [1.54, 1.807) is 6.92 Å². The largest absolute Gasteiger partial charge is 0.462 e. The van der Waals surface area contributed by atoms with E-state index in [4.69, 9.17) is 13.9 Å². The van der Waals surface area contributed by atoms with E-state index in [-0.39, 0.29) is 17.9 Å². The van der Waals surface area contributed by atoms with Gasteiger partial charge in [0.05, 0.1) is 19.5 Å². The summed E-state index contributed by atoms with van der Waals surface area (Å²) in [6, 6.07) is 1.39. The van der Waals surface area contributed by atoms with Crippen LogP contribution >= 0.6 is 0 Å². The van der Waals surface area contributed by atoms with Crippen LogP contribution in [0.25, 0.3) is 0 Å². The van der Waals surface area contributed by atoms with Crippen molar-refractivity contribution < 1.29 is 23.5 Å². The summed E-state index contributed by atoms with van der Waals surface area (Å²) in [7, 11) is 0. The second-order valence-electron chi connectivity index (χ2n) is 3.02. The molecule has 1 aromatic heterocycles. The van der Waals surface area contributed by atoms with Crippen molar-refractivity contribution in [3.05, 3.63) is 23.7 Å². The van der Waals surface area contributed by atoms with Gasteiger partial charge in [-0.3, -0.25) is 0 Å². The van der Waals surface area contributed by atoms with Gasteiger partial charge in [0, 0.05) is 0 Å². The summed E-state index contributed by atoms with van der Waals surface area (Å²) in [5.74, 6) is -1.34. The van der Waals surface area contributed by atoms with Gasteiger partial charge in [0.2, 0.25) is 5.76 Å². The van der Waals surface area contributed by atoms with Gasteiger partial charge in [0.1, 0.15) is 5.56 Å². The number of esters is 2. The van der Waals surface area contributed by atoms with E-state index in [0.717, 1.165) is 6.42 Å². The number of hydrogen-bond acceptors (Lipinski definition) is 5. The lowest BCUT2D eigenvalue weighted by Crippen LogP contribution is -2.12. The summed E-state index contributed by atoms with van der Waals surface area (Å²) in [5.41, 5.74) is 0.104. The van der Waals surface area contributed by atoms with Crippen LogP contribution in [0.5, 0.6) is 0 Å². The predicted molar refractivity (Wildman–Crippen MR) is 55.2 cm³/mol. The molecule has 5 heteroatoms. The Hall–Kier alpha value is -1.78. The van der Waals surface area contributed by atoms with Crippen molar-refractivity contribution in [1.82, 2.24) is 0 Å². The maximum atomic E-state index is 11.5. The number of rotatable bonds is 5. The molecule has 0 saturated heterocycles. The standard InChI is InChI=1S/C11H14O5/c1-3-6-16-10(12)8-5-7-15-9(8)11(13)14-4-2/h5,7H,3-4,6H2,1-2H3. The van der Waals surface area contributed by atoms with Gasteiger partial charge in [-0.1, -0.05) is 6.92 Å². The molecule has 88 valence electrons. The van der Waals surface area contributed by atoms with Crippen molar-refractivity contribution >= 4 is 11.9 Å². The average Bonchev–Trinajstić information content (AvgIpc) is 2.75. The summed E-state index contributed by atoms with van der Waals surface area (Å²) in [6.07, 6.45) is 1.98. The summed E-state index contributed by atoms with van der Waals surface area (Å²) in [6.45, 7) is 4.10. The fourth-order valence-electron chi connectivity index (χ4n) is 1.10. The Kier molecular flexibility index (Phi) is 4.57. The van der Waals surface area contributed by atoms with E-state index in [1.165, 1.54) is 12.3 Å². The molecule has 0 aliphatic carbocycles. The zero-order chi connectivity index (χ0) is 12.0. The summed E-state index contributed by atoms with van der Waals surface area (Å²) in [4.78, 5) is 22.9. The highest BCUT2D eigenvalue weighted by Crippen LogP contribution is 2.13. The second-order valence-corrected chi connectivity index (χ2v) is 3.02. The van der Waals surface area contributed by atoms with Crippen molar-refractivity contribution in [1.29, 1.82) is 0 Å². The summed E-state index contributed by atoms with van der Waals surface area (Å²) < 4.78 is 14.5. The smallest absolute Gasteiger partial charge is 0.375 e. The highest BCUT2D eigenvalue weighted by atomic mass is 16.5. The molecule has 5 nitrogen and oxygen atoms in total. The van der Waals surface area contributed by atoms with Crippen LogP contribution in [0.2, 0.25) is 0 Å². The lowest BCUT2D eigenvalue weighted by atomic mass is 10.2. The molecule has 1 aromatic rings. The van der Waals surface area contributed by atoms with Gasteiger partial charge in [0.15, 0.2) is 0 Å². The maximum Gasteiger partial charge on any atom is 0.375 e. The molecule has 0 amide bonds. The zero-order valence-electron chi connectivity index (χ0n) is 9.32. The van der Waals surface area contributed by atoms with Gasteiger partial charge >= 0.3 is 11.9 Å². The van der Waals surface area contributed by atoms with E-state index in [9.17, 15) is 9.59 Å². The van der Waals surface area contributed by atoms with Gasteiger partial charge in [-0.05, 0) is 19.4 Å². The third kappa shape index (κ3) is 2.85. The van der Waals surface area contributed by atoms with Crippen LogP contribution in [0, 0.1) is 0 Å². The second kappa shape index (κ2) is 5.95. The molecular weight excluding hydrogens is 212 g/mol. The molecule has 1 heterocycles. The Bertz CT molecular complexity index is 366. The average molecular weight is 226 g/mol. The molecule has 0 radical (unpaired) electrons. The van der Waals surface area contributed by atoms with Gasteiger partial charge in [-0.2, -0.15) is 0 Å². The normalized spacial score (nSPS) is 9.88. The number of carbonyl (C=O) groups is 2. The predicted octanol–water partition coefficient (Wildman–Crippen LogP) is 2.02. The molecule has 0 saturated carbocycles. The highest BCUT2D eigenvalue weighted by Gasteiger charge is 2.22. The minimum atomic E-state index is -0.657. The maximum absolute atomic E-state index is 11.5. The Morgan fingerprint density at radius 2 is 2.00 bits per heavy atom. The van der Waals surface area contributed by atoms with Crippen molar-refractivity contribution in [2.24, 2.45) is 0 Å². The van der Waals surface area contributed by atoms with Gasteiger partial charge < -0.3 is 13.9 Å². The van der Waals surface area contributed by atoms with Crippen LogP contribution in [-0.2, 0) is 9.47 Å². The van der Waals surface area contributed by atoms with Crippen LogP contribution in [-0.4, -0.2) is 25.2 Å². The van der Waals surface area contributed by atoms with E-state index in [2.05, 4.69) is 0 Å². The summed E-state index contributed by atoms with van der Waals surface area (Å²) >= 11 is 0. The quantitative estimate of drug-likeness (QED) is 0.718. The molecule has 0 aliphatic heterocycles. The van der Waals surface area contributed by atoms with Crippen LogP contribution < -0.4 is 0 Å². The third-order valence-electron chi connectivity index (χ3n) is 1.78. The van der Waals surface area contributed by atoms with E-state index < -0.39 is 11.9 Å². The zero-order valence-corrected chi connectivity index (χ0v) is 9.32. The molecule has 0 bridgehead atoms. The lowest BCUT2D eigenvalue weighted by Gasteiger charge is -2.03. The Morgan fingerprint density at radius 1 is 1.25 bits per heavy atom. The van der Waals surface area contributed by atoms with Crippen LogP contribution in [0.1, 0.15) is 41.2 Å². The molecule has 0 atom stereocenters. The Balaban J connectivity index is 2.77. The summed E-state index contributed by atoms with van der Waals surface area (Å²) in [5, 5.41) is 0. The lowest BCUT2D eigenvalue weighted by molar-refractivity contribution is 0.0444. The molecule has 0 fully saturated rings. The van der Waals surface area contributed by atoms with Crippen molar-refractivity contribution in [2.45, 2.75) is 20.3 Å². The monoisotopic (exact) mass is 226 g/mol. The number of carbonyl (C=O) groups excluding carboxylic acids is 2. The van der Waals surface area contributed by atoms with Crippen LogP contribution in [0.15, 0.2) is 16.7 Å². The highest BCUT2D eigenvalue weighted by molar-refractivity contribution is 6.01. The minimum Gasteiger partial charge on any atom is -0.462 e. The third-order valence-corrected chi connectivity index (χ3v) is 1.78. The van der Waals surface area contributed by atoms with E-state index >= 15 is 0 Å². The van der Waals surface area contributed by atoms with Crippen molar-refractivity contribution in [3.63, 3.8) is 0 Å². The SMILES string of the molecule is CCCOC(=O)c1ccoc1C(=O)OCC. The fourth-order valence-corrected chi connectivity index (χ4v) is 1.10. The topological polar surface area (TPSA) is 65.7 Å². The van der Waals surface area contributed by atoms with Crippen molar-refractivity contribution in [3.8, 4) is 0 Å². The van der Waals surface area contributed by atoms with Crippen molar-refractivity contribution in [2.75, 3.05) is 13.2 Å². The van der Waals surface area contributed by atoms with Gasteiger partial charge in [0.25, 0.3) is 0 Å². The first kappa shape index (κ1) is 12.3. The van der Waals surface area contributed by atoms with Gasteiger partial charge in [-0.25, -0.2) is 9.59 Å². The molecule has 0 spiro atoms.